The van der Waals surface area contributed by atoms with E-state index in [4.69, 9.17) is 21.1 Å². The summed E-state index contributed by atoms with van der Waals surface area (Å²) in [7, 11) is 0. The van der Waals surface area contributed by atoms with Crippen LogP contribution in [0.3, 0.4) is 0 Å². The second-order valence-corrected chi connectivity index (χ2v) is 7.55. The lowest BCUT2D eigenvalue weighted by Crippen LogP contribution is -2.45. The van der Waals surface area contributed by atoms with E-state index in [0.29, 0.717) is 17.3 Å². The van der Waals surface area contributed by atoms with Gasteiger partial charge in [0.25, 0.3) is 5.91 Å². The largest absolute Gasteiger partial charge is 0.481 e. The predicted octanol–water partition coefficient (Wildman–Crippen LogP) is 3.36. The van der Waals surface area contributed by atoms with Crippen LogP contribution in [0.2, 0.25) is 5.02 Å². The molecule has 2 atom stereocenters. The molecule has 1 aromatic heterocycles. The van der Waals surface area contributed by atoms with E-state index in [2.05, 4.69) is 21.7 Å². The van der Waals surface area contributed by atoms with Crippen molar-refractivity contribution >= 4 is 28.8 Å². The molecule has 1 aromatic carbocycles. The van der Waals surface area contributed by atoms with E-state index >= 15 is 0 Å². The molecule has 0 bridgehead atoms. The molecule has 0 radical (unpaired) electrons. The average Bonchev–Trinajstić information content (AvgIpc) is 3.19. The summed E-state index contributed by atoms with van der Waals surface area (Å²) < 4.78 is 11.1. The summed E-state index contributed by atoms with van der Waals surface area (Å²) in [6.45, 7) is 5.49. The molecule has 5 nitrogen and oxygen atoms in total. The molecule has 3 rings (SSSR count). The van der Waals surface area contributed by atoms with Crippen LogP contribution in [0.25, 0.3) is 0 Å². The van der Waals surface area contributed by atoms with Crippen LogP contribution in [0.4, 0.5) is 0 Å². The number of halogens is 1. The Morgan fingerprint density at radius 2 is 2.04 bits per heavy atom. The van der Waals surface area contributed by atoms with Crippen LogP contribution < -0.4 is 10.1 Å². The molecule has 1 aliphatic heterocycles. The highest BCUT2D eigenvalue weighted by atomic mass is 35.5. The molecule has 140 valence electrons. The minimum absolute atomic E-state index is 0.130. The maximum Gasteiger partial charge on any atom is 0.260 e. The normalized spacial score (nSPS) is 17.5. The zero-order valence-corrected chi connectivity index (χ0v) is 16.3. The standard InChI is InChI=1S/C19H23ClN2O3S/c1-14(25-16-6-4-15(20)5-7-16)19(23)21-13-17(18-3-2-12-26-18)22-8-10-24-11-9-22/h2-7,12,14,17H,8-11,13H2,1H3,(H,21,23). The second kappa shape index (κ2) is 9.37. The van der Waals surface area contributed by atoms with Crippen molar-refractivity contribution in [3.63, 3.8) is 0 Å². The number of morpholine rings is 1. The number of carbonyl (C=O) groups excluding carboxylic acids is 1. The second-order valence-electron chi connectivity index (χ2n) is 6.14. The summed E-state index contributed by atoms with van der Waals surface area (Å²) in [4.78, 5) is 16.1. The number of rotatable bonds is 7. The number of amides is 1. The summed E-state index contributed by atoms with van der Waals surface area (Å²) in [5.41, 5.74) is 0. The van der Waals surface area contributed by atoms with Crippen molar-refractivity contribution in [1.82, 2.24) is 10.2 Å². The number of ether oxygens (including phenoxy) is 2. The smallest absolute Gasteiger partial charge is 0.260 e. The third-order valence-electron chi connectivity index (χ3n) is 4.32. The van der Waals surface area contributed by atoms with Crippen molar-refractivity contribution < 1.29 is 14.3 Å². The Morgan fingerprint density at radius 3 is 2.69 bits per heavy atom. The van der Waals surface area contributed by atoms with Crippen molar-refractivity contribution in [1.29, 1.82) is 0 Å². The Labute approximate surface area is 162 Å². The van der Waals surface area contributed by atoms with Gasteiger partial charge in [-0.05, 0) is 42.6 Å². The molecule has 1 aliphatic rings. The van der Waals surface area contributed by atoms with Crippen molar-refractivity contribution in [3.05, 3.63) is 51.7 Å². The van der Waals surface area contributed by atoms with Crippen LogP contribution in [0.15, 0.2) is 41.8 Å². The van der Waals surface area contributed by atoms with Gasteiger partial charge in [0.2, 0.25) is 0 Å². The highest BCUT2D eigenvalue weighted by molar-refractivity contribution is 7.10. The van der Waals surface area contributed by atoms with E-state index in [-0.39, 0.29) is 11.9 Å². The van der Waals surface area contributed by atoms with Crippen molar-refractivity contribution in [2.24, 2.45) is 0 Å². The third-order valence-corrected chi connectivity index (χ3v) is 5.55. The minimum Gasteiger partial charge on any atom is -0.481 e. The molecule has 2 aromatic rings. The lowest BCUT2D eigenvalue weighted by molar-refractivity contribution is -0.127. The van der Waals surface area contributed by atoms with Gasteiger partial charge in [-0.1, -0.05) is 17.7 Å². The minimum atomic E-state index is -0.579. The van der Waals surface area contributed by atoms with Crippen LogP contribution in [-0.4, -0.2) is 49.8 Å². The third kappa shape index (κ3) is 5.20. The van der Waals surface area contributed by atoms with Gasteiger partial charge in [-0.3, -0.25) is 9.69 Å². The Balaban J connectivity index is 1.57. The monoisotopic (exact) mass is 394 g/mol. The fourth-order valence-electron chi connectivity index (χ4n) is 2.89. The van der Waals surface area contributed by atoms with Crippen molar-refractivity contribution in [3.8, 4) is 5.75 Å². The lowest BCUT2D eigenvalue weighted by atomic mass is 10.2. The summed E-state index contributed by atoms with van der Waals surface area (Å²) >= 11 is 7.58. The highest BCUT2D eigenvalue weighted by Crippen LogP contribution is 2.25. The van der Waals surface area contributed by atoms with E-state index in [1.807, 2.05) is 6.07 Å². The maximum absolute atomic E-state index is 12.5. The molecule has 1 N–H and O–H groups in total. The fourth-order valence-corrected chi connectivity index (χ4v) is 3.88. The Kier molecular flexibility index (Phi) is 6.91. The molecular formula is C19H23ClN2O3S. The van der Waals surface area contributed by atoms with Gasteiger partial charge in [0.1, 0.15) is 5.75 Å². The first-order valence-corrected chi connectivity index (χ1v) is 9.94. The van der Waals surface area contributed by atoms with Gasteiger partial charge in [0, 0.05) is 29.5 Å². The van der Waals surface area contributed by atoms with Crippen LogP contribution >= 0.6 is 22.9 Å². The molecule has 1 saturated heterocycles. The molecule has 0 aliphatic carbocycles. The van der Waals surface area contributed by atoms with Crippen LogP contribution in [-0.2, 0) is 9.53 Å². The first kappa shape index (κ1) is 19.2. The van der Waals surface area contributed by atoms with Gasteiger partial charge in [0.15, 0.2) is 6.10 Å². The number of nitrogens with zero attached hydrogens (tertiary/aromatic N) is 1. The number of thiophene rings is 1. The lowest BCUT2D eigenvalue weighted by Gasteiger charge is -2.34. The molecule has 0 saturated carbocycles. The van der Waals surface area contributed by atoms with Crippen molar-refractivity contribution in [2.75, 3.05) is 32.8 Å². The molecule has 26 heavy (non-hydrogen) atoms. The zero-order chi connectivity index (χ0) is 18.4. The van der Waals surface area contributed by atoms with E-state index in [1.165, 1.54) is 4.88 Å². The van der Waals surface area contributed by atoms with E-state index in [1.54, 1.807) is 42.5 Å². The summed E-state index contributed by atoms with van der Waals surface area (Å²) in [6, 6.07) is 11.3. The van der Waals surface area contributed by atoms with E-state index in [9.17, 15) is 4.79 Å². The van der Waals surface area contributed by atoms with E-state index in [0.717, 1.165) is 26.3 Å². The maximum atomic E-state index is 12.5. The molecule has 1 amide bonds. The van der Waals surface area contributed by atoms with E-state index < -0.39 is 6.10 Å². The Morgan fingerprint density at radius 1 is 1.31 bits per heavy atom. The summed E-state index contributed by atoms with van der Waals surface area (Å²) in [6.07, 6.45) is -0.579. The van der Waals surface area contributed by atoms with Crippen LogP contribution in [0.5, 0.6) is 5.75 Å². The molecule has 7 heteroatoms. The first-order chi connectivity index (χ1) is 12.6. The topological polar surface area (TPSA) is 50.8 Å². The number of carbonyl (C=O) groups is 1. The number of hydrogen-bond donors (Lipinski definition) is 1. The average molecular weight is 395 g/mol. The van der Waals surface area contributed by atoms with Gasteiger partial charge >= 0.3 is 0 Å². The number of benzene rings is 1. The zero-order valence-electron chi connectivity index (χ0n) is 14.7. The quantitative estimate of drug-likeness (QED) is 0.782. The molecule has 0 spiro atoms. The summed E-state index contributed by atoms with van der Waals surface area (Å²) in [5.74, 6) is 0.495. The molecule has 2 unspecified atom stereocenters. The van der Waals surface area contributed by atoms with Crippen LogP contribution in [0.1, 0.15) is 17.8 Å². The Bertz CT molecular complexity index is 687. The summed E-state index contributed by atoms with van der Waals surface area (Å²) in [5, 5.41) is 5.74. The molecule has 2 heterocycles. The molecular weight excluding hydrogens is 372 g/mol. The van der Waals surface area contributed by atoms with Crippen LogP contribution in [0, 0.1) is 0 Å². The number of nitrogens with one attached hydrogen (secondary N) is 1. The first-order valence-electron chi connectivity index (χ1n) is 8.68. The predicted molar refractivity (Wildman–Crippen MR) is 104 cm³/mol. The Hall–Kier alpha value is -1.60. The highest BCUT2D eigenvalue weighted by Gasteiger charge is 2.25. The van der Waals surface area contributed by atoms with Gasteiger partial charge in [-0.15, -0.1) is 11.3 Å². The SMILES string of the molecule is CC(Oc1ccc(Cl)cc1)C(=O)NCC(c1cccs1)N1CCOCC1. The van der Waals surface area contributed by atoms with Gasteiger partial charge < -0.3 is 14.8 Å². The van der Waals surface area contributed by atoms with Gasteiger partial charge in [-0.2, -0.15) is 0 Å². The van der Waals surface area contributed by atoms with Gasteiger partial charge in [0.05, 0.1) is 19.3 Å². The number of hydrogen-bond acceptors (Lipinski definition) is 5. The molecule has 1 fully saturated rings. The fraction of sp³-hybridized carbons (Fsp3) is 0.421. The van der Waals surface area contributed by atoms with Gasteiger partial charge in [-0.25, -0.2) is 0 Å². The van der Waals surface area contributed by atoms with Crippen molar-refractivity contribution in [2.45, 2.75) is 19.1 Å².